The molecule has 2 saturated heterocycles. The Bertz CT molecular complexity index is 1620. The first-order chi connectivity index (χ1) is 22.5. The second-order valence-corrected chi connectivity index (χ2v) is 13.3. The minimum Gasteiger partial charge on any atom is -0.397 e. The van der Waals surface area contributed by atoms with E-state index in [0.29, 0.717) is 58.7 Å². The van der Waals surface area contributed by atoms with Crippen molar-refractivity contribution in [1.82, 2.24) is 19.7 Å². The van der Waals surface area contributed by atoms with Gasteiger partial charge in [-0.05, 0) is 54.5 Å². The number of nitrogens with one attached hydrogen (secondary N) is 1. The van der Waals surface area contributed by atoms with Crippen LogP contribution in [0.2, 0.25) is 5.02 Å². The number of nitrogen functional groups attached to an aromatic ring is 1. The van der Waals surface area contributed by atoms with E-state index in [9.17, 15) is 27.6 Å². The number of halogens is 4. The van der Waals surface area contributed by atoms with Gasteiger partial charge in [0.2, 0.25) is 11.8 Å². The number of amides is 4. The highest BCUT2D eigenvalue weighted by Gasteiger charge is 2.37. The lowest BCUT2D eigenvalue weighted by Crippen LogP contribution is -2.52. The Labute approximate surface area is 279 Å². The smallest absolute Gasteiger partial charge is 0.397 e. The number of rotatable bonds is 7. The molecule has 4 amide bonds. The van der Waals surface area contributed by atoms with Gasteiger partial charge in [0.05, 0.1) is 34.4 Å². The number of urea groups is 1. The Kier molecular flexibility index (Phi) is 9.51. The number of likely N-dealkylation sites (tertiary alicyclic amines) is 1. The van der Waals surface area contributed by atoms with Gasteiger partial charge in [-0.2, -0.15) is 13.2 Å². The van der Waals surface area contributed by atoms with Crippen molar-refractivity contribution in [2.75, 3.05) is 55.2 Å². The number of piperazine rings is 1. The molecule has 15 heteroatoms. The summed E-state index contributed by atoms with van der Waals surface area (Å²) in [5.41, 5.74) is 7.07. The molecule has 5 heterocycles. The molecule has 0 radical (unpaired) electrons. The van der Waals surface area contributed by atoms with Gasteiger partial charge in [0, 0.05) is 80.8 Å². The van der Waals surface area contributed by atoms with Gasteiger partial charge in [0.1, 0.15) is 0 Å². The van der Waals surface area contributed by atoms with Crippen molar-refractivity contribution in [2.45, 2.75) is 44.4 Å². The summed E-state index contributed by atoms with van der Waals surface area (Å²) in [7, 11) is 0. The number of piperidine rings is 1. The Hall–Kier alpha value is -4.04. The third kappa shape index (κ3) is 7.28. The largest absolute Gasteiger partial charge is 0.418 e. The fourth-order valence-corrected chi connectivity index (χ4v) is 7.64. The van der Waals surface area contributed by atoms with E-state index >= 15 is 0 Å². The number of carbonyl (C=O) groups is 3. The maximum atomic E-state index is 14.0. The number of alkyl halides is 3. The van der Waals surface area contributed by atoms with Crippen molar-refractivity contribution in [2.24, 2.45) is 5.92 Å². The molecule has 0 unspecified atom stereocenters. The molecule has 1 aromatic carbocycles. The van der Waals surface area contributed by atoms with Gasteiger partial charge in [-0.1, -0.05) is 11.6 Å². The molecule has 2 aromatic heterocycles. The topological polar surface area (TPSA) is 115 Å². The number of benzene rings is 1. The lowest BCUT2D eigenvalue weighted by molar-refractivity contribution is -0.142. The van der Waals surface area contributed by atoms with Gasteiger partial charge in [0.15, 0.2) is 0 Å². The number of hydrogen-bond donors (Lipinski definition) is 2. The minimum absolute atomic E-state index is 0.0427. The maximum absolute atomic E-state index is 14.0. The number of nitrogens with two attached hydrogens (primary N) is 1. The molecule has 0 saturated carbocycles. The quantitative estimate of drug-likeness (QED) is 0.324. The van der Waals surface area contributed by atoms with E-state index < -0.39 is 23.3 Å². The highest BCUT2D eigenvalue weighted by atomic mass is 35.5. The average molecular weight is 690 g/mol. The average Bonchev–Trinajstić information content (AvgIpc) is 3.52. The lowest BCUT2D eigenvalue weighted by atomic mass is 9.91. The molecule has 3 aromatic rings. The standard InChI is InChI=1S/C32H35ClF3N7O3S/c33-26-15-20(14-25(29(26)37)32(34,35)36)13-21(30(45)42-11-9-40(10-12-42)23-1-5-38-6-2-23)16-28(44)41-7-3-24(4-8-41)43-17-22-18-47-19-27(22)39-31(43)46/h1-2,5-6,14-15,18-19,21,24H,3-4,7-13,16-17,37H2,(H,39,46)/t21-/m0/s1. The molecule has 0 bridgehead atoms. The van der Waals surface area contributed by atoms with Crippen LogP contribution in [0.5, 0.6) is 0 Å². The van der Waals surface area contributed by atoms with Crippen LogP contribution in [0.15, 0.2) is 47.4 Å². The highest BCUT2D eigenvalue weighted by Crippen LogP contribution is 2.39. The van der Waals surface area contributed by atoms with Crippen LogP contribution in [-0.4, -0.2) is 82.8 Å². The van der Waals surface area contributed by atoms with Crippen molar-refractivity contribution >= 4 is 57.8 Å². The fourth-order valence-electron chi connectivity index (χ4n) is 6.62. The van der Waals surface area contributed by atoms with Crippen molar-refractivity contribution in [3.8, 4) is 0 Å². The Morgan fingerprint density at radius 1 is 1.04 bits per heavy atom. The van der Waals surface area contributed by atoms with Crippen molar-refractivity contribution in [3.63, 3.8) is 0 Å². The molecule has 2 fully saturated rings. The minimum atomic E-state index is -4.73. The van der Waals surface area contributed by atoms with Gasteiger partial charge < -0.3 is 30.7 Å². The number of hydrogen-bond acceptors (Lipinski definition) is 7. The van der Waals surface area contributed by atoms with Crippen LogP contribution in [0.3, 0.4) is 0 Å². The summed E-state index contributed by atoms with van der Waals surface area (Å²) >= 11 is 7.64. The Morgan fingerprint density at radius 3 is 2.43 bits per heavy atom. The van der Waals surface area contributed by atoms with E-state index in [2.05, 4.69) is 15.2 Å². The molecule has 0 spiro atoms. The van der Waals surface area contributed by atoms with E-state index in [4.69, 9.17) is 17.3 Å². The normalized spacial score (nSPS) is 18.2. The zero-order valence-corrected chi connectivity index (χ0v) is 27.1. The molecule has 250 valence electrons. The number of thiophene rings is 1. The Morgan fingerprint density at radius 2 is 1.74 bits per heavy atom. The first kappa shape index (κ1) is 32.9. The SMILES string of the molecule is Nc1c(Cl)cc(C[C@@H](CC(=O)N2CCC(N3Cc4cscc4NC3=O)CC2)C(=O)N2CCN(c3ccncc3)CC2)cc1C(F)(F)F. The second kappa shape index (κ2) is 13.6. The summed E-state index contributed by atoms with van der Waals surface area (Å²) in [6.45, 7) is 3.24. The van der Waals surface area contributed by atoms with Gasteiger partial charge in [0.25, 0.3) is 0 Å². The first-order valence-corrected chi connectivity index (χ1v) is 16.8. The summed E-state index contributed by atoms with van der Waals surface area (Å²) < 4.78 is 41.3. The predicted molar refractivity (Wildman–Crippen MR) is 174 cm³/mol. The molecule has 1 atom stereocenters. The third-order valence-corrected chi connectivity index (χ3v) is 10.3. The lowest BCUT2D eigenvalue weighted by Gasteiger charge is -2.40. The number of nitrogens with zero attached hydrogens (tertiary/aromatic N) is 5. The van der Waals surface area contributed by atoms with E-state index in [1.165, 1.54) is 17.4 Å². The van der Waals surface area contributed by atoms with E-state index in [1.54, 1.807) is 27.1 Å². The summed E-state index contributed by atoms with van der Waals surface area (Å²) in [5, 5.41) is 6.60. The van der Waals surface area contributed by atoms with E-state index in [-0.39, 0.29) is 47.3 Å². The van der Waals surface area contributed by atoms with E-state index in [0.717, 1.165) is 23.0 Å². The second-order valence-electron chi connectivity index (χ2n) is 12.1. The van der Waals surface area contributed by atoms with Crippen molar-refractivity contribution in [3.05, 3.63) is 69.1 Å². The third-order valence-electron chi connectivity index (χ3n) is 9.21. The molecule has 10 nitrogen and oxygen atoms in total. The molecular formula is C32H35ClF3N7O3S. The molecule has 3 aliphatic heterocycles. The van der Waals surface area contributed by atoms with Crippen LogP contribution in [0.4, 0.5) is 35.0 Å². The molecule has 3 aliphatic rings. The maximum Gasteiger partial charge on any atom is 0.418 e. The van der Waals surface area contributed by atoms with Crippen LogP contribution in [0, 0.1) is 5.92 Å². The molecular weight excluding hydrogens is 655 g/mol. The molecule has 6 rings (SSSR count). The Balaban J connectivity index is 1.15. The van der Waals surface area contributed by atoms with Gasteiger partial charge in [-0.15, -0.1) is 11.3 Å². The van der Waals surface area contributed by atoms with Crippen molar-refractivity contribution in [1.29, 1.82) is 0 Å². The van der Waals surface area contributed by atoms with Crippen LogP contribution < -0.4 is 16.0 Å². The number of aromatic nitrogens is 1. The summed E-state index contributed by atoms with van der Waals surface area (Å²) in [6.07, 6.45) is -0.447. The number of pyridine rings is 1. The molecule has 0 aliphatic carbocycles. The number of carbonyl (C=O) groups excluding carboxylic acids is 3. The van der Waals surface area contributed by atoms with Gasteiger partial charge >= 0.3 is 12.2 Å². The number of fused-ring (bicyclic) bond motifs is 1. The van der Waals surface area contributed by atoms with Crippen LogP contribution in [-0.2, 0) is 28.7 Å². The monoisotopic (exact) mass is 689 g/mol. The zero-order valence-electron chi connectivity index (χ0n) is 25.5. The molecule has 3 N–H and O–H groups in total. The van der Waals surface area contributed by atoms with Crippen LogP contribution in [0.25, 0.3) is 0 Å². The number of anilines is 3. The highest BCUT2D eigenvalue weighted by molar-refractivity contribution is 7.08. The fraction of sp³-hybridized carbons (Fsp3) is 0.438. The summed E-state index contributed by atoms with van der Waals surface area (Å²) in [6, 6.07) is 5.84. The van der Waals surface area contributed by atoms with Gasteiger partial charge in [-0.3, -0.25) is 14.6 Å². The first-order valence-electron chi connectivity index (χ1n) is 15.5. The zero-order chi connectivity index (χ0) is 33.3. The summed E-state index contributed by atoms with van der Waals surface area (Å²) in [4.78, 5) is 51.7. The van der Waals surface area contributed by atoms with Crippen LogP contribution >= 0.6 is 22.9 Å². The molecule has 47 heavy (non-hydrogen) atoms. The van der Waals surface area contributed by atoms with Crippen LogP contribution in [0.1, 0.15) is 36.0 Å². The van der Waals surface area contributed by atoms with Gasteiger partial charge in [-0.25, -0.2) is 4.79 Å². The summed E-state index contributed by atoms with van der Waals surface area (Å²) in [5.74, 6) is -1.45. The predicted octanol–water partition coefficient (Wildman–Crippen LogP) is 5.33. The van der Waals surface area contributed by atoms with Crippen molar-refractivity contribution < 1.29 is 27.6 Å². The van der Waals surface area contributed by atoms with E-state index in [1.807, 2.05) is 22.9 Å².